The lowest BCUT2D eigenvalue weighted by Gasteiger charge is -2.07. The highest BCUT2D eigenvalue weighted by Gasteiger charge is 2.10. The molecule has 0 unspecified atom stereocenters. The quantitative estimate of drug-likeness (QED) is 0.564. The average molecular weight is 247 g/mol. The predicted molar refractivity (Wildman–Crippen MR) is 61.9 cm³/mol. The molecule has 0 amide bonds. The van der Waals surface area contributed by atoms with Crippen molar-refractivity contribution in [3.63, 3.8) is 0 Å². The second-order valence-corrected chi connectivity index (χ2v) is 3.87. The molecule has 0 fully saturated rings. The van der Waals surface area contributed by atoms with Crippen LogP contribution in [0.15, 0.2) is 36.4 Å². The van der Waals surface area contributed by atoms with Crippen LogP contribution in [0, 0.1) is 0 Å². The van der Waals surface area contributed by atoms with E-state index in [0.717, 1.165) is 13.1 Å². The first-order valence-electron chi connectivity index (χ1n) is 5.36. The van der Waals surface area contributed by atoms with Crippen molar-refractivity contribution in [2.75, 3.05) is 20.1 Å². The summed E-state index contributed by atoms with van der Waals surface area (Å²) in [5.41, 5.74) is 2.82. The van der Waals surface area contributed by atoms with Crippen LogP contribution in [0.1, 0.15) is 5.56 Å². The molecule has 1 aliphatic rings. The molecule has 5 heteroatoms. The molecule has 1 aromatic carbocycles. The highest BCUT2D eigenvalue weighted by Crippen LogP contribution is 2.18. The van der Waals surface area contributed by atoms with Gasteiger partial charge in [-0.1, -0.05) is 36.4 Å². The van der Waals surface area contributed by atoms with Gasteiger partial charge in [0.1, 0.15) is 0 Å². The zero-order valence-corrected chi connectivity index (χ0v) is 9.96. The second-order valence-electron chi connectivity index (χ2n) is 3.87. The van der Waals surface area contributed by atoms with Crippen LogP contribution in [0.25, 0.3) is 5.57 Å². The van der Waals surface area contributed by atoms with E-state index in [2.05, 4.69) is 48.4 Å². The molecule has 0 atom stereocenters. The Kier molecular flexibility index (Phi) is 5.07. The molecule has 0 saturated carbocycles. The summed E-state index contributed by atoms with van der Waals surface area (Å²) in [7, 11) is 2.15. The number of aliphatic carboxylic acids is 2. The molecule has 0 radical (unpaired) electrons. The standard InChI is InChI=1S/C11H13N.C2H2O4/c1-12-8-7-11(9-12)10-5-3-2-4-6-10;3-1(4)2(5)6/h2-7H,8-9H2,1H3;(H,3,4)(H,5,6)/p-2. The van der Waals surface area contributed by atoms with Gasteiger partial charge in [-0.2, -0.15) is 0 Å². The monoisotopic (exact) mass is 247 g/mol. The average Bonchev–Trinajstić information content (AvgIpc) is 2.78. The van der Waals surface area contributed by atoms with Gasteiger partial charge >= 0.3 is 0 Å². The van der Waals surface area contributed by atoms with E-state index >= 15 is 0 Å². The van der Waals surface area contributed by atoms with Gasteiger partial charge in [-0.15, -0.1) is 0 Å². The molecule has 0 N–H and O–H groups in total. The van der Waals surface area contributed by atoms with Gasteiger partial charge in [0.15, 0.2) is 0 Å². The summed E-state index contributed by atoms with van der Waals surface area (Å²) in [4.78, 5) is 20.2. The SMILES string of the molecule is CN1CC=C(c2ccccc2)C1.O=C([O-])C(=O)[O-]. The van der Waals surface area contributed by atoms with E-state index in [9.17, 15) is 0 Å². The predicted octanol–water partition coefficient (Wildman–Crippen LogP) is -1.50. The van der Waals surface area contributed by atoms with E-state index in [-0.39, 0.29) is 0 Å². The van der Waals surface area contributed by atoms with Gasteiger partial charge in [-0.3, -0.25) is 4.90 Å². The fraction of sp³-hybridized carbons (Fsp3) is 0.231. The summed E-state index contributed by atoms with van der Waals surface area (Å²) in [5.74, 6) is -4.37. The smallest absolute Gasteiger partial charge is 0.0870 e. The van der Waals surface area contributed by atoms with Crippen LogP contribution in [-0.2, 0) is 9.59 Å². The molecule has 96 valence electrons. The Balaban J connectivity index is 0.000000232. The van der Waals surface area contributed by atoms with Crippen LogP contribution in [0.3, 0.4) is 0 Å². The van der Waals surface area contributed by atoms with E-state index in [1.165, 1.54) is 11.1 Å². The lowest BCUT2D eigenvalue weighted by molar-refractivity contribution is -0.345. The van der Waals surface area contributed by atoms with E-state index in [1.807, 2.05) is 0 Å². The maximum Gasteiger partial charge on any atom is 0.0870 e. The number of hydrogen-bond donors (Lipinski definition) is 0. The minimum absolute atomic E-state index is 1.09. The zero-order chi connectivity index (χ0) is 13.5. The number of carboxylic acids is 2. The highest BCUT2D eigenvalue weighted by atomic mass is 16.4. The summed E-state index contributed by atoms with van der Waals surface area (Å²) < 4.78 is 0. The van der Waals surface area contributed by atoms with E-state index < -0.39 is 11.9 Å². The van der Waals surface area contributed by atoms with Gasteiger partial charge in [-0.25, -0.2) is 0 Å². The van der Waals surface area contributed by atoms with Gasteiger partial charge in [0.05, 0.1) is 11.9 Å². The molecule has 0 saturated heterocycles. The maximum atomic E-state index is 8.93. The first-order chi connectivity index (χ1) is 8.50. The van der Waals surface area contributed by atoms with Crippen molar-refractivity contribution in [3.8, 4) is 0 Å². The minimum Gasteiger partial charge on any atom is -0.543 e. The normalized spacial score (nSPS) is 14.4. The molecule has 5 nitrogen and oxygen atoms in total. The molecule has 1 heterocycles. The molecule has 1 aliphatic heterocycles. The number of carbonyl (C=O) groups excluding carboxylic acids is 2. The number of benzene rings is 1. The molecule has 18 heavy (non-hydrogen) atoms. The molecule has 0 aromatic heterocycles. The molecule has 0 spiro atoms. The fourth-order valence-electron chi connectivity index (χ4n) is 1.55. The number of likely N-dealkylation sites (N-methyl/N-ethyl adjacent to an activating group) is 1. The van der Waals surface area contributed by atoms with Crippen LogP contribution in [0.2, 0.25) is 0 Å². The fourth-order valence-corrected chi connectivity index (χ4v) is 1.55. The largest absolute Gasteiger partial charge is 0.543 e. The van der Waals surface area contributed by atoms with Crippen LogP contribution < -0.4 is 10.2 Å². The second kappa shape index (κ2) is 6.56. The Bertz CT molecular complexity index is 441. The summed E-state index contributed by atoms with van der Waals surface area (Å²) in [5, 5.41) is 17.9. The van der Waals surface area contributed by atoms with Gasteiger partial charge < -0.3 is 19.8 Å². The first-order valence-corrected chi connectivity index (χ1v) is 5.36. The number of carbonyl (C=O) groups is 2. The lowest BCUT2D eigenvalue weighted by atomic mass is 10.1. The molecular weight excluding hydrogens is 234 g/mol. The Hall–Kier alpha value is -2.14. The highest BCUT2D eigenvalue weighted by molar-refractivity contribution is 6.25. The number of carboxylic acid groups (broad SMARTS) is 2. The third kappa shape index (κ3) is 4.39. The molecule has 1 aromatic rings. The summed E-state index contributed by atoms with van der Waals surface area (Å²) in [6, 6.07) is 10.6. The lowest BCUT2D eigenvalue weighted by Crippen LogP contribution is -2.42. The minimum atomic E-state index is -2.19. The van der Waals surface area contributed by atoms with Crippen LogP contribution in [-0.4, -0.2) is 37.0 Å². The Morgan fingerprint density at radius 1 is 1.11 bits per heavy atom. The van der Waals surface area contributed by atoms with Gasteiger partial charge in [-0.05, 0) is 18.2 Å². The van der Waals surface area contributed by atoms with Gasteiger partial charge in [0.25, 0.3) is 0 Å². The number of hydrogen-bond acceptors (Lipinski definition) is 5. The summed E-state index contributed by atoms with van der Waals surface area (Å²) in [6.45, 7) is 2.17. The van der Waals surface area contributed by atoms with E-state index in [4.69, 9.17) is 19.8 Å². The number of rotatable bonds is 1. The Labute approximate surface area is 105 Å². The van der Waals surface area contributed by atoms with Crippen molar-refractivity contribution in [2.45, 2.75) is 0 Å². The van der Waals surface area contributed by atoms with E-state index in [1.54, 1.807) is 0 Å². The first kappa shape index (κ1) is 13.9. The van der Waals surface area contributed by atoms with Crippen LogP contribution in [0.5, 0.6) is 0 Å². The van der Waals surface area contributed by atoms with Gasteiger partial charge in [0.2, 0.25) is 0 Å². The van der Waals surface area contributed by atoms with Crippen molar-refractivity contribution >= 4 is 17.5 Å². The molecule has 0 aliphatic carbocycles. The van der Waals surface area contributed by atoms with Crippen molar-refractivity contribution in [1.29, 1.82) is 0 Å². The van der Waals surface area contributed by atoms with Crippen LogP contribution in [0.4, 0.5) is 0 Å². The Morgan fingerprint density at radius 2 is 1.67 bits per heavy atom. The molecule has 0 bridgehead atoms. The van der Waals surface area contributed by atoms with Crippen LogP contribution >= 0.6 is 0 Å². The van der Waals surface area contributed by atoms with Crippen molar-refractivity contribution < 1.29 is 19.8 Å². The third-order valence-electron chi connectivity index (χ3n) is 2.40. The summed E-state index contributed by atoms with van der Waals surface area (Å²) >= 11 is 0. The van der Waals surface area contributed by atoms with Gasteiger partial charge in [0, 0.05) is 13.1 Å². The summed E-state index contributed by atoms with van der Waals surface area (Å²) in [6.07, 6.45) is 2.30. The third-order valence-corrected chi connectivity index (χ3v) is 2.40. The van der Waals surface area contributed by atoms with Crippen molar-refractivity contribution in [3.05, 3.63) is 42.0 Å². The topological polar surface area (TPSA) is 83.5 Å². The number of nitrogens with zero attached hydrogens (tertiary/aromatic N) is 1. The van der Waals surface area contributed by atoms with E-state index in [0.29, 0.717) is 0 Å². The Morgan fingerprint density at radius 3 is 2.06 bits per heavy atom. The van der Waals surface area contributed by atoms with Crippen molar-refractivity contribution in [2.24, 2.45) is 0 Å². The maximum absolute atomic E-state index is 8.93. The zero-order valence-electron chi connectivity index (χ0n) is 9.96. The molecule has 2 rings (SSSR count). The van der Waals surface area contributed by atoms with Crippen molar-refractivity contribution in [1.82, 2.24) is 4.90 Å². The molecular formula is C13H13NO4-2.